The summed E-state index contributed by atoms with van der Waals surface area (Å²) in [5.74, 6) is -1.39. The largest absolute Gasteiger partial charge is 0.493 e. The summed E-state index contributed by atoms with van der Waals surface area (Å²) in [6, 6.07) is 6.71. The Morgan fingerprint density at radius 1 is 1.00 bits per heavy atom. The minimum Gasteiger partial charge on any atom is -0.493 e. The van der Waals surface area contributed by atoms with Gasteiger partial charge in [-0.15, -0.1) is 0 Å². The Labute approximate surface area is 138 Å². The van der Waals surface area contributed by atoms with Crippen molar-refractivity contribution in [3.8, 4) is 17.2 Å². The van der Waals surface area contributed by atoms with Crippen molar-refractivity contribution in [1.29, 1.82) is 0 Å². The van der Waals surface area contributed by atoms with Gasteiger partial charge in [-0.2, -0.15) is 0 Å². The van der Waals surface area contributed by atoms with E-state index in [0.29, 0.717) is 17.2 Å². The first-order valence-electron chi connectivity index (χ1n) is 6.98. The van der Waals surface area contributed by atoms with Crippen molar-refractivity contribution in [1.82, 2.24) is 0 Å². The zero-order valence-electron chi connectivity index (χ0n) is 13.4. The van der Waals surface area contributed by atoms with Crippen LogP contribution in [0.3, 0.4) is 0 Å². The lowest BCUT2D eigenvalue weighted by Gasteiger charge is -2.13. The van der Waals surface area contributed by atoms with Crippen molar-refractivity contribution in [2.45, 2.75) is 0 Å². The highest BCUT2D eigenvalue weighted by Crippen LogP contribution is 2.38. The Hall–Kier alpha value is -2.89. The number of carbonyl (C=O) groups is 1. The molecular weight excluding hydrogens is 318 g/mol. The molecule has 0 unspecified atom stereocenters. The first-order valence-corrected chi connectivity index (χ1v) is 6.98. The Kier molecular flexibility index (Phi) is 5.52. The van der Waals surface area contributed by atoms with E-state index >= 15 is 0 Å². The van der Waals surface area contributed by atoms with Crippen LogP contribution < -0.4 is 14.2 Å². The molecule has 0 heterocycles. The van der Waals surface area contributed by atoms with Crippen molar-refractivity contribution in [2.75, 3.05) is 21.3 Å². The highest BCUT2D eigenvalue weighted by atomic mass is 19.2. The average molecular weight is 334 g/mol. The van der Waals surface area contributed by atoms with Crippen LogP contribution in [0.15, 0.2) is 36.4 Å². The smallest absolute Gasteiger partial charge is 0.203 e. The van der Waals surface area contributed by atoms with Gasteiger partial charge in [-0.3, -0.25) is 4.79 Å². The van der Waals surface area contributed by atoms with Crippen molar-refractivity contribution in [3.05, 3.63) is 59.2 Å². The zero-order valence-corrected chi connectivity index (χ0v) is 13.4. The molecule has 0 aliphatic heterocycles. The molecule has 0 atom stereocenters. The molecule has 0 aliphatic carbocycles. The number of hydrogen-bond donors (Lipinski definition) is 0. The summed E-state index contributed by atoms with van der Waals surface area (Å²) in [7, 11) is 4.32. The number of halogens is 2. The van der Waals surface area contributed by atoms with Gasteiger partial charge in [0.25, 0.3) is 0 Å². The molecule has 0 fully saturated rings. The fourth-order valence-electron chi connectivity index (χ4n) is 2.13. The van der Waals surface area contributed by atoms with Crippen LogP contribution in [-0.4, -0.2) is 27.1 Å². The molecule has 2 aromatic carbocycles. The van der Waals surface area contributed by atoms with Crippen LogP contribution in [0.1, 0.15) is 15.9 Å². The molecule has 4 nitrogen and oxygen atoms in total. The second-order valence-electron chi connectivity index (χ2n) is 4.75. The standard InChI is InChI=1S/C18H16F2O4/c1-22-15-9-12(10-16(23-2)18(15)24-3)14(21)8-7-11-5-4-6-13(19)17(11)20/h4-10H,1-3H3. The summed E-state index contributed by atoms with van der Waals surface area (Å²) in [5, 5.41) is 0. The fourth-order valence-corrected chi connectivity index (χ4v) is 2.13. The minimum absolute atomic E-state index is 0.0178. The first kappa shape index (κ1) is 17.5. The Morgan fingerprint density at radius 3 is 2.17 bits per heavy atom. The van der Waals surface area contributed by atoms with E-state index in [1.165, 1.54) is 51.7 Å². The molecule has 0 aliphatic rings. The van der Waals surface area contributed by atoms with E-state index in [1.54, 1.807) is 0 Å². The monoisotopic (exact) mass is 334 g/mol. The average Bonchev–Trinajstić information content (AvgIpc) is 2.61. The number of methoxy groups -OCH3 is 3. The van der Waals surface area contributed by atoms with Gasteiger partial charge in [-0.1, -0.05) is 12.1 Å². The molecule has 0 saturated heterocycles. The fraction of sp³-hybridized carbons (Fsp3) is 0.167. The minimum atomic E-state index is -1.01. The number of allylic oxidation sites excluding steroid dienone is 1. The van der Waals surface area contributed by atoms with Crippen LogP contribution in [-0.2, 0) is 0 Å². The molecule has 0 amide bonds. The molecule has 0 aromatic heterocycles. The maximum absolute atomic E-state index is 13.6. The normalized spacial score (nSPS) is 10.7. The summed E-state index contributed by atoms with van der Waals surface area (Å²) in [5.41, 5.74) is 0.244. The highest BCUT2D eigenvalue weighted by Gasteiger charge is 2.16. The van der Waals surface area contributed by atoms with E-state index in [9.17, 15) is 13.6 Å². The van der Waals surface area contributed by atoms with Crippen LogP contribution >= 0.6 is 0 Å². The molecule has 0 radical (unpaired) electrons. The molecule has 2 rings (SSSR count). The maximum atomic E-state index is 13.6. The predicted octanol–water partition coefficient (Wildman–Crippen LogP) is 3.89. The van der Waals surface area contributed by atoms with Crippen molar-refractivity contribution in [3.63, 3.8) is 0 Å². The van der Waals surface area contributed by atoms with Gasteiger partial charge in [0, 0.05) is 11.1 Å². The van der Waals surface area contributed by atoms with Crippen LogP contribution in [0.25, 0.3) is 6.08 Å². The molecule has 0 bridgehead atoms. The van der Waals surface area contributed by atoms with E-state index in [2.05, 4.69) is 0 Å². The third-order valence-electron chi connectivity index (χ3n) is 3.34. The number of ketones is 1. The molecule has 0 spiro atoms. The lowest BCUT2D eigenvalue weighted by atomic mass is 10.1. The molecule has 6 heteroatoms. The maximum Gasteiger partial charge on any atom is 0.203 e. The molecular formula is C18H16F2O4. The second kappa shape index (κ2) is 7.59. The predicted molar refractivity (Wildman–Crippen MR) is 85.8 cm³/mol. The van der Waals surface area contributed by atoms with Gasteiger partial charge in [0.15, 0.2) is 28.9 Å². The second-order valence-corrected chi connectivity index (χ2v) is 4.75. The molecule has 0 saturated carbocycles. The van der Waals surface area contributed by atoms with Crippen molar-refractivity contribution in [2.24, 2.45) is 0 Å². The summed E-state index contributed by atoms with van der Waals surface area (Å²) in [4.78, 5) is 12.3. The third-order valence-corrected chi connectivity index (χ3v) is 3.34. The van der Waals surface area contributed by atoms with Crippen LogP contribution in [0.4, 0.5) is 8.78 Å². The Bertz CT molecular complexity index is 760. The Balaban J connectivity index is 2.36. The van der Waals surface area contributed by atoms with Gasteiger partial charge in [0.1, 0.15) is 0 Å². The number of benzene rings is 2. The number of hydrogen-bond acceptors (Lipinski definition) is 4. The summed E-state index contributed by atoms with van der Waals surface area (Å²) in [6.07, 6.45) is 2.36. The quantitative estimate of drug-likeness (QED) is 0.594. The van der Waals surface area contributed by atoms with Crippen LogP contribution in [0.2, 0.25) is 0 Å². The Morgan fingerprint density at radius 2 is 1.62 bits per heavy atom. The highest BCUT2D eigenvalue weighted by molar-refractivity contribution is 6.07. The molecule has 2 aromatic rings. The van der Waals surface area contributed by atoms with Gasteiger partial charge in [0.05, 0.1) is 21.3 Å². The summed E-state index contributed by atoms with van der Waals surface area (Å²) < 4.78 is 42.3. The van der Waals surface area contributed by atoms with E-state index < -0.39 is 17.4 Å². The lowest BCUT2D eigenvalue weighted by Crippen LogP contribution is -2.00. The number of ether oxygens (including phenoxy) is 3. The number of carbonyl (C=O) groups excluding carboxylic acids is 1. The van der Waals surface area contributed by atoms with E-state index in [-0.39, 0.29) is 11.1 Å². The third kappa shape index (κ3) is 3.53. The van der Waals surface area contributed by atoms with E-state index in [1.807, 2.05) is 0 Å². The molecule has 126 valence electrons. The zero-order chi connectivity index (χ0) is 17.7. The molecule has 24 heavy (non-hydrogen) atoms. The van der Waals surface area contributed by atoms with Gasteiger partial charge in [-0.05, 0) is 30.4 Å². The van der Waals surface area contributed by atoms with E-state index in [4.69, 9.17) is 14.2 Å². The van der Waals surface area contributed by atoms with E-state index in [0.717, 1.165) is 12.1 Å². The number of rotatable bonds is 6. The summed E-state index contributed by atoms with van der Waals surface area (Å²) in [6.45, 7) is 0. The lowest BCUT2D eigenvalue weighted by molar-refractivity contribution is 0.104. The van der Waals surface area contributed by atoms with Crippen molar-refractivity contribution >= 4 is 11.9 Å². The van der Waals surface area contributed by atoms with Crippen molar-refractivity contribution < 1.29 is 27.8 Å². The van der Waals surface area contributed by atoms with Gasteiger partial charge in [-0.25, -0.2) is 8.78 Å². The van der Waals surface area contributed by atoms with Gasteiger partial charge < -0.3 is 14.2 Å². The van der Waals surface area contributed by atoms with Crippen LogP contribution in [0, 0.1) is 11.6 Å². The van der Waals surface area contributed by atoms with Gasteiger partial charge in [0.2, 0.25) is 5.75 Å². The van der Waals surface area contributed by atoms with Gasteiger partial charge >= 0.3 is 0 Å². The topological polar surface area (TPSA) is 44.8 Å². The van der Waals surface area contributed by atoms with Crippen LogP contribution in [0.5, 0.6) is 17.2 Å². The first-order chi connectivity index (χ1) is 11.5. The summed E-state index contributed by atoms with van der Waals surface area (Å²) >= 11 is 0. The SMILES string of the molecule is COc1cc(C(=O)C=Cc2cccc(F)c2F)cc(OC)c1OC. The molecule has 0 N–H and O–H groups in total.